The number of hydrogen-bond donors (Lipinski definition) is 1. The van der Waals surface area contributed by atoms with Crippen LogP contribution in [0.1, 0.15) is 36.2 Å². The second kappa shape index (κ2) is 3.36. The molecular formula is C11H16N2O2. The number of carboxylic acid groups (broad SMARTS) is 1. The molecule has 2 atom stereocenters. The molecule has 1 fully saturated rings. The van der Waals surface area contributed by atoms with Gasteiger partial charge in [-0.1, -0.05) is 0 Å². The Morgan fingerprint density at radius 1 is 1.60 bits per heavy atom. The fourth-order valence-corrected chi connectivity index (χ4v) is 2.34. The molecule has 2 rings (SSSR count). The molecule has 4 heteroatoms. The third-order valence-electron chi connectivity index (χ3n) is 3.22. The average Bonchev–Trinajstić information content (AvgIpc) is 2.89. The zero-order chi connectivity index (χ0) is 11.2. The Balaban J connectivity index is 2.30. The van der Waals surface area contributed by atoms with Crippen molar-refractivity contribution in [1.29, 1.82) is 0 Å². The zero-order valence-corrected chi connectivity index (χ0v) is 9.32. The summed E-state index contributed by atoms with van der Waals surface area (Å²) >= 11 is 0. The zero-order valence-electron chi connectivity index (χ0n) is 9.32. The summed E-state index contributed by atoms with van der Waals surface area (Å²) in [6, 6.07) is 0. The highest BCUT2D eigenvalue weighted by Crippen LogP contribution is 2.49. The fraction of sp³-hybridized carbons (Fsp3) is 0.636. The van der Waals surface area contributed by atoms with Crippen molar-refractivity contribution >= 4 is 5.97 Å². The number of nitrogens with zero attached hydrogens (tertiary/aromatic N) is 2. The fourth-order valence-electron chi connectivity index (χ4n) is 2.34. The molecule has 0 spiro atoms. The smallest absolute Gasteiger partial charge is 0.307 e. The van der Waals surface area contributed by atoms with E-state index in [0.29, 0.717) is 0 Å². The van der Waals surface area contributed by atoms with Gasteiger partial charge in [-0.3, -0.25) is 9.48 Å². The van der Waals surface area contributed by atoms with E-state index in [1.807, 2.05) is 25.5 Å². The third kappa shape index (κ3) is 1.54. The van der Waals surface area contributed by atoms with Gasteiger partial charge in [0, 0.05) is 18.2 Å². The first kappa shape index (κ1) is 10.2. The van der Waals surface area contributed by atoms with E-state index in [0.717, 1.165) is 29.9 Å². The third-order valence-corrected chi connectivity index (χ3v) is 3.22. The van der Waals surface area contributed by atoms with Crippen molar-refractivity contribution in [1.82, 2.24) is 9.78 Å². The van der Waals surface area contributed by atoms with Crippen LogP contribution in [0.2, 0.25) is 0 Å². The van der Waals surface area contributed by atoms with Crippen molar-refractivity contribution in [3.8, 4) is 0 Å². The summed E-state index contributed by atoms with van der Waals surface area (Å²) in [5, 5.41) is 13.3. The molecule has 0 amide bonds. The lowest BCUT2D eigenvalue weighted by atomic mass is 10.1. The summed E-state index contributed by atoms with van der Waals surface area (Å²) < 4.78 is 1.95. The van der Waals surface area contributed by atoms with Crippen LogP contribution in [0.15, 0.2) is 0 Å². The van der Waals surface area contributed by atoms with Gasteiger partial charge in [-0.05, 0) is 32.8 Å². The second-order valence-corrected chi connectivity index (χ2v) is 4.19. The molecule has 0 bridgehead atoms. The minimum absolute atomic E-state index is 0.183. The molecule has 1 aromatic rings. The van der Waals surface area contributed by atoms with Crippen LogP contribution in [0.4, 0.5) is 0 Å². The average molecular weight is 208 g/mol. The van der Waals surface area contributed by atoms with Gasteiger partial charge in [-0.15, -0.1) is 0 Å². The summed E-state index contributed by atoms with van der Waals surface area (Å²) in [5.41, 5.74) is 3.27. The van der Waals surface area contributed by atoms with Gasteiger partial charge in [0.05, 0.1) is 11.6 Å². The monoisotopic (exact) mass is 208 g/mol. The maximum atomic E-state index is 10.8. The number of rotatable bonds is 3. The molecule has 82 valence electrons. The van der Waals surface area contributed by atoms with E-state index < -0.39 is 5.97 Å². The van der Waals surface area contributed by atoms with Crippen LogP contribution >= 0.6 is 0 Å². The second-order valence-electron chi connectivity index (χ2n) is 4.19. The molecule has 1 aliphatic rings. The van der Waals surface area contributed by atoms with Crippen molar-refractivity contribution < 1.29 is 9.90 Å². The summed E-state index contributed by atoms with van der Waals surface area (Å²) in [7, 11) is 0. The van der Waals surface area contributed by atoms with Crippen molar-refractivity contribution in [3.63, 3.8) is 0 Å². The van der Waals surface area contributed by atoms with E-state index in [4.69, 9.17) is 5.11 Å². The number of aliphatic carboxylic acids is 1. The Hall–Kier alpha value is -1.32. The molecule has 1 aliphatic carbocycles. The lowest BCUT2D eigenvalue weighted by Gasteiger charge is -2.01. The highest BCUT2D eigenvalue weighted by Gasteiger charge is 2.46. The van der Waals surface area contributed by atoms with Crippen LogP contribution in [-0.4, -0.2) is 20.9 Å². The summed E-state index contributed by atoms with van der Waals surface area (Å²) in [6.07, 6.45) is 0.770. The Morgan fingerprint density at radius 2 is 2.27 bits per heavy atom. The summed E-state index contributed by atoms with van der Waals surface area (Å²) in [6.45, 7) is 6.88. The molecule has 0 saturated heterocycles. The van der Waals surface area contributed by atoms with Crippen LogP contribution in [0.3, 0.4) is 0 Å². The number of hydrogen-bond acceptors (Lipinski definition) is 2. The van der Waals surface area contributed by atoms with Crippen molar-refractivity contribution in [2.75, 3.05) is 0 Å². The van der Waals surface area contributed by atoms with E-state index in [1.165, 1.54) is 0 Å². The molecule has 1 aromatic heterocycles. The summed E-state index contributed by atoms with van der Waals surface area (Å²) in [5.74, 6) is -0.664. The van der Waals surface area contributed by atoms with Crippen LogP contribution in [0.25, 0.3) is 0 Å². The Morgan fingerprint density at radius 3 is 2.67 bits per heavy atom. The highest BCUT2D eigenvalue weighted by molar-refractivity contribution is 5.75. The normalized spacial score (nSPS) is 24.2. The van der Waals surface area contributed by atoms with Gasteiger partial charge in [-0.2, -0.15) is 5.10 Å². The highest BCUT2D eigenvalue weighted by atomic mass is 16.4. The van der Waals surface area contributed by atoms with E-state index in [-0.39, 0.29) is 11.8 Å². The number of carboxylic acids is 1. The molecule has 0 aliphatic heterocycles. The Kier molecular flexibility index (Phi) is 2.29. The predicted octanol–water partition coefficient (Wildman–Crippen LogP) is 1.71. The van der Waals surface area contributed by atoms with Crippen molar-refractivity contribution in [3.05, 3.63) is 17.0 Å². The quantitative estimate of drug-likeness (QED) is 0.822. The van der Waals surface area contributed by atoms with Crippen LogP contribution < -0.4 is 0 Å². The van der Waals surface area contributed by atoms with Crippen LogP contribution in [0.5, 0.6) is 0 Å². The van der Waals surface area contributed by atoms with Gasteiger partial charge in [0.15, 0.2) is 0 Å². The van der Waals surface area contributed by atoms with Gasteiger partial charge in [0.2, 0.25) is 0 Å². The van der Waals surface area contributed by atoms with Crippen LogP contribution in [0, 0.1) is 19.8 Å². The Labute approximate surface area is 88.9 Å². The van der Waals surface area contributed by atoms with Crippen molar-refractivity contribution in [2.45, 2.75) is 39.7 Å². The molecule has 0 radical (unpaired) electrons. The van der Waals surface area contributed by atoms with E-state index >= 15 is 0 Å². The maximum Gasteiger partial charge on any atom is 0.307 e. The minimum Gasteiger partial charge on any atom is -0.481 e. The van der Waals surface area contributed by atoms with E-state index in [1.54, 1.807) is 0 Å². The van der Waals surface area contributed by atoms with Crippen molar-refractivity contribution in [2.24, 2.45) is 5.92 Å². The predicted molar refractivity (Wildman–Crippen MR) is 55.9 cm³/mol. The SMILES string of the molecule is CCn1nc(C)c([C@@H]2C[C@H]2C(=O)O)c1C. The molecule has 0 unspecified atom stereocenters. The lowest BCUT2D eigenvalue weighted by Crippen LogP contribution is -2.01. The molecular weight excluding hydrogens is 192 g/mol. The summed E-state index contributed by atoms with van der Waals surface area (Å²) in [4.78, 5) is 10.8. The number of aromatic nitrogens is 2. The topological polar surface area (TPSA) is 55.1 Å². The van der Waals surface area contributed by atoms with Crippen LogP contribution in [-0.2, 0) is 11.3 Å². The largest absolute Gasteiger partial charge is 0.481 e. The van der Waals surface area contributed by atoms with Gasteiger partial charge >= 0.3 is 5.97 Å². The van der Waals surface area contributed by atoms with Gasteiger partial charge in [0.25, 0.3) is 0 Å². The molecule has 15 heavy (non-hydrogen) atoms. The molecule has 0 aromatic carbocycles. The standard InChI is InChI=1S/C11H16N2O2/c1-4-13-7(3)10(6(2)12-13)8-5-9(8)11(14)15/h8-9H,4-5H2,1-3H3,(H,14,15)/t8-,9-/m1/s1. The van der Waals surface area contributed by atoms with Gasteiger partial charge in [-0.25, -0.2) is 0 Å². The minimum atomic E-state index is -0.678. The Bertz CT molecular complexity index is 409. The molecule has 1 heterocycles. The number of aryl methyl sites for hydroxylation is 2. The van der Waals surface area contributed by atoms with E-state index in [9.17, 15) is 4.79 Å². The first-order valence-electron chi connectivity index (χ1n) is 5.33. The maximum absolute atomic E-state index is 10.8. The molecule has 1 N–H and O–H groups in total. The van der Waals surface area contributed by atoms with E-state index in [2.05, 4.69) is 5.10 Å². The first-order chi connectivity index (χ1) is 7.06. The van der Waals surface area contributed by atoms with Gasteiger partial charge in [0.1, 0.15) is 0 Å². The molecule has 1 saturated carbocycles. The number of carbonyl (C=O) groups is 1. The first-order valence-corrected chi connectivity index (χ1v) is 5.33. The molecule has 4 nitrogen and oxygen atoms in total. The lowest BCUT2D eigenvalue weighted by molar-refractivity contribution is -0.138. The van der Waals surface area contributed by atoms with Gasteiger partial charge < -0.3 is 5.11 Å².